The van der Waals surface area contributed by atoms with E-state index in [2.05, 4.69) is 6.92 Å². The maximum absolute atomic E-state index is 13.8. The number of carbonyl (C=O) groups excluding carboxylic acids is 1. The number of furan rings is 1. The molecule has 5 rings (SSSR count). The zero-order chi connectivity index (χ0) is 27.4. The Morgan fingerprint density at radius 2 is 1.67 bits per heavy atom. The number of para-hydroxylation sites is 1. The van der Waals surface area contributed by atoms with Gasteiger partial charge >= 0.3 is 0 Å². The molecule has 3 aromatic carbocycles. The standard InChI is InChI=1S/C30H29N3O4S2/c1-3-23-12-8-14-27-28(23)31-30(38-27)33(21-25-13-9-19-37-25)29(34)24-15-17-26(18-16-24)39(35,36)32(4-2)20-22-10-6-5-7-11-22/h5-19H,3-4,20-21H2,1-2H3. The fourth-order valence-electron chi connectivity index (χ4n) is 4.41. The minimum absolute atomic E-state index is 0.141. The van der Waals surface area contributed by atoms with Gasteiger partial charge in [-0.15, -0.1) is 0 Å². The van der Waals surface area contributed by atoms with Gasteiger partial charge in [0.05, 0.1) is 27.9 Å². The van der Waals surface area contributed by atoms with Gasteiger partial charge in [0.2, 0.25) is 10.0 Å². The van der Waals surface area contributed by atoms with Gasteiger partial charge in [-0.1, -0.05) is 67.6 Å². The second-order valence-electron chi connectivity index (χ2n) is 9.03. The van der Waals surface area contributed by atoms with Crippen LogP contribution >= 0.6 is 11.3 Å². The van der Waals surface area contributed by atoms with Gasteiger partial charge in [0.25, 0.3) is 5.91 Å². The Labute approximate surface area is 232 Å². The number of hydrogen-bond donors (Lipinski definition) is 0. The number of thiazole rings is 1. The molecule has 5 aromatic rings. The van der Waals surface area contributed by atoms with E-state index in [4.69, 9.17) is 9.40 Å². The van der Waals surface area contributed by atoms with Crippen molar-refractivity contribution in [2.75, 3.05) is 11.4 Å². The van der Waals surface area contributed by atoms with E-state index in [-0.39, 0.29) is 23.9 Å². The number of aryl methyl sites for hydroxylation is 1. The summed E-state index contributed by atoms with van der Waals surface area (Å²) in [6.45, 7) is 4.69. The molecule has 200 valence electrons. The summed E-state index contributed by atoms with van der Waals surface area (Å²) in [6.07, 6.45) is 2.40. The summed E-state index contributed by atoms with van der Waals surface area (Å²) in [5.74, 6) is 0.334. The Balaban J connectivity index is 1.44. The molecule has 0 aliphatic heterocycles. The molecule has 0 fully saturated rings. The number of hydrogen-bond acceptors (Lipinski definition) is 6. The summed E-state index contributed by atoms with van der Waals surface area (Å²) in [6, 6.07) is 25.2. The van der Waals surface area contributed by atoms with Crippen LogP contribution in [0.5, 0.6) is 0 Å². The van der Waals surface area contributed by atoms with Gasteiger partial charge in [0.1, 0.15) is 5.76 Å². The zero-order valence-electron chi connectivity index (χ0n) is 21.8. The summed E-state index contributed by atoms with van der Waals surface area (Å²) in [7, 11) is -3.75. The van der Waals surface area contributed by atoms with Crippen LogP contribution in [0, 0.1) is 0 Å². The van der Waals surface area contributed by atoms with Gasteiger partial charge in [-0.05, 0) is 60.0 Å². The van der Waals surface area contributed by atoms with Crippen molar-refractivity contribution in [3.8, 4) is 0 Å². The molecular formula is C30H29N3O4S2. The lowest BCUT2D eigenvalue weighted by Gasteiger charge is -2.21. The molecule has 0 saturated heterocycles. The van der Waals surface area contributed by atoms with Crippen LogP contribution < -0.4 is 4.90 Å². The lowest BCUT2D eigenvalue weighted by molar-refractivity contribution is 0.0983. The van der Waals surface area contributed by atoms with Crippen LogP contribution in [-0.2, 0) is 29.5 Å². The van der Waals surface area contributed by atoms with E-state index in [1.807, 2.05) is 61.5 Å². The van der Waals surface area contributed by atoms with Crippen LogP contribution in [0.4, 0.5) is 5.13 Å². The number of amides is 1. The number of sulfonamides is 1. The van der Waals surface area contributed by atoms with Gasteiger partial charge in [0, 0.05) is 18.7 Å². The van der Waals surface area contributed by atoms with Gasteiger partial charge in [0.15, 0.2) is 5.13 Å². The highest BCUT2D eigenvalue weighted by Crippen LogP contribution is 2.33. The highest BCUT2D eigenvalue weighted by Gasteiger charge is 2.26. The molecule has 0 unspecified atom stereocenters. The first-order valence-corrected chi connectivity index (χ1v) is 15.0. The topological polar surface area (TPSA) is 83.7 Å². The second kappa shape index (κ2) is 11.5. The lowest BCUT2D eigenvalue weighted by Crippen LogP contribution is -2.31. The van der Waals surface area contributed by atoms with Crippen LogP contribution in [0.2, 0.25) is 0 Å². The SMILES string of the molecule is CCc1cccc2sc(N(Cc3ccco3)C(=O)c3ccc(S(=O)(=O)N(CC)Cc4ccccc4)cc3)nc12. The van der Waals surface area contributed by atoms with Crippen molar-refractivity contribution in [2.45, 2.75) is 38.3 Å². The number of fused-ring (bicyclic) bond motifs is 1. The van der Waals surface area contributed by atoms with Crippen LogP contribution in [0.15, 0.2) is 101 Å². The lowest BCUT2D eigenvalue weighted by atomic mass is 10.1. The summed E-state index contributed by atoms with van der Waals surface area (Å²) >= 11 is 1.44. The fraction of sp³-hybridized carbons (Fsp3) is 0.200. The van der Waals surface area contributed by atoms with Crippen molar-refractivity contribution in [3.63, 3.8) is 0 Å². The summed E-state index contributed by atoms with van der Waals surface area (Å²) in [4.78, 5) is 20.3. The number of carbonyl (C=O) groups is 1. The van der Waals surface area contributed by atoms with E-state index in [9.17, 15) is 13.2 Å². The normalized spacial score (nSPS) is 11.8. The molecule has 0 aliphatic rings. The van der Waals surface area contributed by atoms with Crippen molar-refractivity contribution in [1.82, 2.24) is 9.29 Å². The van der Waals surface area contributed by atoms with Gasteiger partial charge < -0.3 is 4.42 Å². The molecule has 0 bridgehead atoms. The highest BCUT2D eigenvalue weighted by molar-refractivity contribution is 7.89. The summed E-state index contributed by atoms with van der Waals surface area (Å²) in [5, 5.41) is 0.559. The van der Waals surface area contributed by atoms with Crippen LogP contribution in [-0.4, -0.2) is 30.2 Å². The fourth-order valence-corrected chi connectivity index (χ4v) is 6.86. The first kappa shape index (κ1) is 26.8. The van der Waals surface area contributed by atoms with E-state index in [1.165, 1.54) is 27.8 Å². The molecule has 0 aliphatic carbocycles. The first-order valence-electron chi connectivity index (χ1n) is 12.8. The molecule has 0 spiro atoms. The third kappa shape index (κ3) is 5.66. The molecule has 0 radical (unpaired) electrons. The molecule has 0 saturated carbocycles. The summed E-state index contributed by atoms with van der Waals surface area (Å²) in [5.41, 5.74) is 3.27. The van der Waals surface area contributed by atoms with Crippen molar-refractivity contribution in [1.29, 1.82) is 0 Å². The monoisotopic (exact) mass is 559 g/mol. The van der Waals surface area contributed by atoms with E-state index in [0.29, 0.717) is 23.0 Å². The first-order chi connectivity index (χ1) is 18.9. The average Bonchev–Trinajstić information content (AvgIpc) is 3.64. The van der Waals surface area contributed by atoms with Gasteiger partial charge in [-0.2, -0.15) is 4.31 Å². The van der Waals surface area contributed by atoms with E-state index in [1.54, 1.807) is 29.4 Å². The smallest absolute Gasteiger partial charge is 0.260 e. The molecule has 9 heteroatoms. The van der Waals surface area contributed by atoms with Crippen molar-refractivity contribution >= 4 is 42.6 Å². The zero-order valence-corrected chi connectivity index (χ0v) is 23.4. The molecule has 0 N–H and O–H groups in total. The van der Waals surface area contributed by atoms with E-state index >= 15 is 0 Å². The maximum Gasteiger partial charge on any atom is 0.260 e. The quantitative estimate of drug-likeness (QED) is 0.195. The second-order valence-corrected chi connectivity index (χ2v) is 12.0. The van der Waals surface area contributed by atoms with Crippen molar-refractivity contribution in [3.05, 3.63) is 114 Å². The number of rotatable bonds is 10. The molecule has 1 amide bonds. The molecule has 2 aromatic heterocycles. The minimum atomic E-state index is -3.75. The predicted molar refractivity (Wildman–Crippen MR) is 154 cm³/mol. The molecule has 7 nitrogen and oxygen atoms in total. The Bertz CT molecular complexity index is 1660. The molecular weight excluding hydrogens is 530 g/mol. The van der Waals surface area contributed by atoms with Crippen LogP contribution in [0.1, 0.15) is 41.1 Å². The highest BCUT2D eigenvalue weighted by atomic mass is 32.2. The number of anilines is 1. The Hall–Kier alpha value is -3.79. The number of nitrogens with zero attached hydrogens (tertiary/aromatic N) is 3. The largest absolute Gasteiger partial charge is 0.467 e. The van der Waals surface area contributed by atoms with Gasteiger partial charge in [-0.3, -0.25) is 9.69 Å². The predicted octanol–water partition coefficient (Wildman–Crippen LogP) is 6.51. The van der Waals surface area contributed by atoms with E-state index < -0.39 is 10.0 Å². The maximum atomic E-state index is 13.8. The van der Waals surface area contributed by atoms with Crippen molar-refractivity contribution < 1.29 is 17.6 Å². The van der Waals surface area contributed by atoms with Crippen LogP contribution in [0.25, 0.3) is 10.2 Å². The van der Waals surface area contributed by atoms with Gasteiger partial charge in [-0.25, -0.2) is 13.4 Å². The molecule has 0 atom stereocenters. The Morgan fingerprint density at radius 1 is 0.897 bits per heavy atom. The molecule has 2 heterocycles. The third-order valence-corrected chi connectivity index (χ3v) is 9.51. The van der Waals surface area contributed by atoms with Crippen LogP contribution in [0.3, 0.4) is 0 Å². The van der Waals surface area contributed by atoms with E-state index in [0.717, 1.165) is 27.8 Å². The Kier molecular flexibility index (Phi) is 7.92. The number of benzene rings is 3. The van der Waals surface area contributed by atoms with Crippen molar-refractivity contribution in [2.24, 2.45) is 0 Å². The number of aromatic nitrogens is 1. The average molecular weight is 560 g/mol. The third-order valence-electron chi connectivity index (χ3n) is 6.54. The summed E-state index contributed by atoms with van der Waals surface area (Å²) < 4.78 is 34.7. The Morgan fingerprint density at radius 3 is 2.33 bits per heavy atom. The molecule has 39 heavy (non-hydrogen) atoms. The minimum Gasteiger partial charge on any atom is -0.467 e.